The maximum atomic E-state index is 12.4. The Labute approximate surface area is 105 Å². The van der Waals surface area contributed by atoms with Crippen LogP contribution in [0.25, 0.3) is 0 Å². The molecule has 0 aromatic carbocycles. The molecule has 0 amide bonds. The van der Waals surface area contributed by atoms with Crippen molar-refractivity contribution in [1.29, 1.82) is 0 Å². The first-order valence-electron chi connectivity index (χ1n) is 6.87. The van der Waals surface area contributed by atoms with Gasteiger partial charge in [0.25, 0.3) is 0 Å². The summed E-state index contributed by atoms with van der Waals surface area (Å²) in [4.78, 5) is 0. The summed E-state index contributed by atoms with van der Waals surface area (Å²) in [5, 5.41) is 0. The topological polar surface area (TPSA) is 0 Å². The van der Waals surface area contributed by atoms with Gasteiger partial charge in [0.1, 0.15) is 0 Å². The van der Waals surface area contributed by atoms with E-state index in [-0.39, 0.29) is 14.2 Å². The summed E-state index contributed by atoms with van der Waals surface area (Å²) in [5.41, 5.74) is -0.144. The van der Waals surface area contributed by atoms with Gasteiger partial charge in [-0.15, -0.1) is 0 Å². The second-order valence-corrected chi connectivity index (χ2v) is 6.51. The zero-order valence-corrected chi connectivity index (χ0v) is 11.3. The molecule has 17 heavy (non-hydrogen) atoms. The lowest BCUT2D eigenvalue weighted by molar-refractivity contribution is -0.0379. The molecule has 0 aromatic rings. The molecule has 0 saturated heterocycles. The van der Waals surface area contributed by atoms with Gasteiger partial charge in [-0.1, -0.05) is 57.8 Å². The Hall–Kier alpha value is 0.220. The Kier molecular flexibility index (Phi) is 7.50. The van der Waals surface area contributed by atoms with Crippen molar-refractivity contribution in [2.75, 3.05) is 0 Å². The van der Waals surface area contributed by atoms with Crippen LogP contribution < -0.4 is 0 Å². The fourth-order valence-corrected chi connectivity index (χ4v) is 3.52. The second kappa shape index (κ2) is 8.34. The van der Waals surface area contributed by atoms with Crippen molar-refractivity contribution >= 4 is 8.58 Å². The molecule has 0 atom stereocenters. The minimum Gasteiger partial charge on any atom is -0.167 e. The summed E-state index contributed by atoms with van der Waals surface area (Å²) in [7, 11) is -0.299. The van der Waals surface area contributed by atoms with Gasteiger partial charge in [-0.3, -0.25) is 0 Å². The standard InChI is InChI=1S/C13H23F3P/c14-13(15,16)17-12-10-8-6-4-2-1-3-5-7-9-11-12/h12H,1-11H2. The summed E-state index contributed by atoms with van der Waals surface area (Å²) in [6.45, 7) is 0. The zero-order chi connectivity index (χ0) is 12.6. The Bertz CT molecular complexity index is 180. The van der Waals surface area contributed by atoms with Gasteiger partial charge in [-0.2, -0.15) is 13.2 Å². The third kappa shape index (κ3) is 8.88. The van der Waals surface area contributed by atoms with Gasteiger partial charge in [0, 0.05) is 8.58 Å². The van der Waals surface area contributed by atoms with Crippen LogP contribution in [0.1, 0.15) is 70.6 Å². The Morgan fingerprint density at radius 2 is 1.00 bits per heavy atom. The van der Waals surface area contributed by atoms with E-state index < -0.39 is 5.92 Å². The first-order valence-corrected chi connectivity index (χ1v) is 7.83. The molecule has 0 nitrogen and oxygen atoms in total. The third-order valence-corrected chi connectivity index (χ3v) is 4.58. The van der Waals surface area contributed by atoms with Crippen LogP contribution >= 0.6 is 8.58 Å². The zero-order valence-electron chi connectivity index (χ0n) is 10.4. The second-order valence-electron chi connectivity index (χ2n) is 5.01. The van der Waals surface area contributed by atoms with Crippen LogP contribution in [0.3, 0.4) is 0 Å². The summed E-state index contributed by atoms with van der Waals surface area (Å²) in [5.74, 6) is -4.00. The highest BCUT2D eigenvalue weighted by Gasteiger charge is 2.32. The van der Waals surface area contributed by atoms with Gasteiger partial charge >= 0.3 is 5.92 Å². The van der Waals surface area contributed by atoms with Crippen LogP contribution in [0.4, 0.5) is 13.2 Å². The maximum Gasteiger partial charge on any atom is 0.409 e. The predicted molar refractivity (Wildman–Crippen MR) is 67.6 cm³/mol. The largest absolute Gasteiger partial charge is 0.409 e. The Balaban J connectivity index is 2.32. The molecule has 0 N–H and O–H groups in total. The van der Waals surface area contributed by atoms with Crippen molar-refractivity contribution in [2.24, 2.45) is 0 Å². The number of halogens is 3. The molecule has 1 aliphatic rings. The van der Waals surface area contributed by atoms with Crippen molar-refractivity contribution in [2.45, 2.75) is 82.2 Å². The van der Waals surface area contributed by atoms with E-state index in [1.165, 1.54) is 32.1 Å². The summed E-state index contributed by atoms with van der Waals surface area (Å²) >= 11 is 0. The van der Waals surface area contributed by atoms with Gasteiger partial charge in [0.15, 0.2) is 0 Å². The highest BCUT2D eigenvalue weighted by atomic mass is 31.1. The fourth-order valence-electron chi connectivity index (χ4n) is 2.48. The van der Waals surface area contributed by atoms with E-state index in [9.17, 15) is 13.2 Å². The average Bonchev–Trinajstić information content (AvgIpc) is 2.20. The molecule has 0 bridgehead atoms. The quantitative estimate of drug-likeness (QED) is 0.501. The predicted octanol–water partition coefficient (Wildman–Crippen LogP) is 6.13. The van der Waals surface area contributed by atoms with Crippen molar-refractivity contribution in [3.05, 3.63) is 0 Å². The van der Waals surface area contributed by atoms with Gasteiger partial charge in [-0.25, -0.2) is 0 Å². The van der Waals surface area contributed by atoms with E-state index in [0.29, 0.717) is 0 Å². The van der Waals surface area contributed by atoms with Gasteiger partial charge < -0.3 is 0 Å². The van der Waals surface area contributed by atoms with Crippen LogP contribution in [0.15, 0.2) is 0 Å². The van der Waals surface area contributed by atoms with E-state index in [4.69, 9.17) is 0 Å². The van der Waals surface area contributed by atoms with Gasteiger partial charge in [0.2, 0.25) is 0 Å². The van der Waals surface area contributed by atoms with E-state index in [2.05, 4.69) is 0 Å². The van der Waals surface area contributed by atoms with Crippen LogP contribution in [0.5, 0.6) is 0 Å². The average molecular weight is 267 g/mol. The lowest BCUT2D eigenvalue weighted by Crippen LogP contribution is -2.10. The maximum absolute atomic E-state index is 12.4. The Morgan fingerprint density at radius 3 is 1.35 bits per heavy atom. The molecule has 101 valence electrons. The van der Waals surface area contributed by atoms with Crippen LogP contribution in [0.2, 0.25) is 0 Å². The van der Waals surface area contributed by atoms with Crippen LogP contribution in [-0.4, -0.2) is 11.6 Å². The Morgan fingerprint density at radius 1 is 0.647 bits per heavy atom. The molecule has 0 aromatic heterocycles. The van der Waals surface area contributed by atoms with Gasteiger partial charge in [0.05, 0.1) is 0 Å². The molecule has 0 aliphatic heterocycles. The SMILES string of the molecule is FC(F)(F)[P]C1CCCCCCCCCCC1. The number of hydrogen-bond donors (Lipinski definition) is 0. The van der Waals surface area contributed by atoms with E-state index >= 15 is 0 Å². The first-order chi connectivity index (χ1) is 8.08. The first kappa shape index (κ1) is 15.3. The molecule has 1 rings (SSSR count). The molecular weight excluding hydrogens is 244 g/mol. The van der Waals surface area contributed by atoms with Crippen molar-refractivity contribution in [3.63, 3.8) is 0 Å². The molecule has 0 spiro atoms. The van der Waals surface area contributed by atoms with Gasteiger partial charge in [-0.05, 0) is 18.5 Å². The normalized spacial score (nSPS) is 23.5. The van der Waals surface area contributed by atoms with E-state index in [0.717, 1.165) is 38.5 Å². The number of rotatable bonds is 1. The van der Waals surface area contributed by atoms with Crippen LogP contribution in [-0.2, 0) is 0 Å². The summed E-state index contributed by atoms with van der Waals surface area (Å²) in [6.07, 6.45) is 12.0. The molecule has 1 radical (unpaired) electrons. The highest BCUT2D eigenvalue weighted by Crippen LogP contribution is 2.44. The van der Waals surface area contributed by atoms with E-state index in [1.54, 1.807) is 0 Å². The molecule has 0 heterocycles. The van der Waals surface area contributed by atoms with Crippen molar-refractivity contribution < 1.29 is 13.2 Å². The van der Waals surface area contributed by atoms with Crippen molar-refractivity contribution in [3.8, 4) is 0 Å². The van der Waals surface area contributed by atoms with Crippen molar-refractivity contribution in [1.82, 2.24) is 0 Å². The molecule has 4 heteroatoms. The lowest BCUT2D eigenvalue weighted by Gasteiger charge is -2.18. The summed E-state index contributed by atoms with van der Waals surface area (Å²) < 4.78 is 37.2. The lowest BCUT2D eigenvalue weighted by atomic mass is 10.0. The van der Waals surface area contributed by atoms with Crippen LogP contribution in [0, 0.1) is 0 Å². The molecule has 1 aliphatic carbocycles. The number of hydrogen-bond acceptors (Lipinski definition) is 0. The monoisotopic (exact) mass is 267 g/mol. The smallest absolute Gasteiger partial charge is 0.167 e. The molecule has 1 fully saturated rings. The molecular formula is C13H23F3P. The highest BCUT2D eigenvalue weighted by molar-refractivity contribution is 7.40. The van der Waals surface area contributed by atoms with E-state index in [1.807, 2.05) is 0 Å². The molecule has 1 saturated carbocycles. The minimum absolute atomic E-state index is 0.144. The third-order valence-electron chi connectivity index (χ3n) is 3.40. The fraction of sp³-hybridized carbons (Fsp3) is 1.00. The summed E-state index contributed by atoms with van der Waals surface area (Å²) in [6, 6.07) is 0. The molecule has 0 unspecified atom stereocenters. The number of alkyl halides is 3. The minimum atomic E-state index is -4.00.